The van der Waals surface area contributed by atoms with Gasteiger partial charge in [-0.15, -0.1) is 0 Å². The third kappa shape index (κ3) is 6.71. The Kier molecular flexibility index (Phi) is 7.74. The predicted molar refractivity (Wildman–Crippen MR) is 65.3 cm³/mol. The Labute approximate surface area is 102 Å². The lowest BCUT2D eigenvalue weighted by atomic mass is 10.1. The van der Waals surface area contributed by atoms with E-state index in [1.807, 2.05) is 13.8 Å². The Balaban J connectivity index is 3.48. The number of carbonyl (C=O) groups excluding carboxylic acids is 2. The maximum Gasteiger partial charge on any atom is 0.146 e. The summed E-state index contributed by atoms with van der Waals surface area (Å²) in [6.45, 7) is 3.65. The molecule has 82 valence electrons. The van der Waals surface area contributed by atoms with Crippen molar-refractivity contribution in [3.63, 3.8) is 0 Å². The van der Waals surface area contributed by atoms with Crippen molar-refractivity contribution in [2.24, 2.45) is 0 Å². The number of ketones is 2. The Morgan fingerprint density at radius 3 is 1.43 bits per heavy atom. The van der Waals surface area contributed by atoms with Gasteiger partial charge in [0.05, 0.1) is 9.65 Å². The smallest absolute Gasteiger partial charge is 0.146 e. The van der Waals surface area contributed by atoms with Crippen molar-refractivity contribution < 1.29 is 9.59 Å². The molecule has 0 aliphatic carbocycles. The van der Waals surface area contributed by atoms with E-state index in [4.69, 9.17) is 0 Å². The van der Waals surface area contributed by atoms with Crippen LogP contribution < -0.4 is 0 Å². The molecule has 0 aromatic rings. The molecule has 0 aliphatic heterocycles. The normalized spacial score (nSPS) is 14.9. The first-order chi connectivity index (χ1) is 6.45. The minimum Gasteiger partial charge on any atom is -0.298 e. The van der Waals surface area contributed by atoms with Crippen molar-refractivity contribution in [3.8, 4) is 0 Å². The molecule has 0 saturated carbocycles. The number of halogens is 2. The largest absolute Gasteiger partial charge is 0.298 e. The van der Waals surface area contributed by atoms with Crippen LogP contribution in [-0.4, -0.2) is 21.2 Å². The molecule has 0 heterocycles. The Morgan fingerprint density at radius 2 is 1.21 bits per heavy atom. The topological polar surface area (TPSA) is 34.1 Å². The second-order valence-corrected chi connectivity index (χ2v) is 6.12. The van der Waals surface area contributed by atoms with Crippen molar-refractivity contribution in [3.05, 3.63) is 0 Å². The molecule has 0 saturated heterocycles. The first kappa shape index (κ1) is 14.3. The number of hydrogen-bond donors (Lipinski definition) is 0. The van der Waals surface area contributed by atoms with E-state index in [1.165, 1.54) is 0 Å². The first-order valence-corrected chi connectivity index (χ1v) is 6.62. The molecule has 2 unspecified atom stereocenters. The first-order valence-electron chi connectivity index (χ1n) is 4.78. The number of carbonyl (C=O) groups is 2. The fraction of sp³-hybridized carbons (Fsp3) is 0.800. The average molecular weight is 328 g/mol. The van der Waals surface area contributed by atoms with Crippen LogP contribution in [0.5, 0.6) is 0 Å². The van der Waals surface area contributed by atoms with E-state index in [2.05, 4.69) is 31.9 Å². The summed E-state index contributed by atoms with van der Waals surface area (Å²) in [4.78, 5) is 22.2. The molecule has 0 spiro atoms. The highest BCUT2D eigenvalue weighted by atomic mass is 79.9. The van der Waals surface area contributed by atoms with Gasteiger partial charge < -0.3 is 0 Å². The van der Waals surface area contributed by atoms with Gasteiger partial charge in [0.15, 0.2) is 0 Å². The van der Waals surface area contributed by atoms with Gasteiger partial charge in [-0.1, -0.05) is 31.9 Å². The van der Waals surface area contributed by atoms with Crippen LogP contribution >= 0.6 is 31.9 Å². The molecule has 2 atom stereocenters. The molecule has 0 fully saturated rings. The van der Waals surface area contributed by atoms with Crippen molar-refractivity contribution >= 4 is 43.4 Å². The zero-order chi connectivity index (χ0) is 11.1. The summed E-state index contributed by atoms with van der Waals surface area (Å²) in [5.74, 6) is 0.425. The van der Waals surface area contributed by atoms with Gasteiger partial charge in [0.25, 0.3) is 0 Å². The van der Waals surface area contributed by atoms with Gasteiger partial charge in [-0.2, -0.15) is 0 Å². The van der Waals surface area contributed by atoms with E-state index < -0.39 is 0 Å². The Bertz CT molecular complexity index is 178. The molecule has 0 aromatic heterocycles. The third-order valence-corrected chi connectivity index (χ3v) is 3.00. The fourth-order valence-electron chi connectivity index (χ4n) is 0.996. The van der Waals surface area contributed by atoms with E-state index in [9.17, 15) is 9.59 Å². The number of alkyl halides is 2. The number of hydrogen-bond acceptors (Lipinski definition) is 2. The van der Waals surface area contributed by atoms with Gasteiger partial charge in [0.2, 0.25) is 0 Å². The lowest BCUT2D eigenvalue weighted by Crippen LogP contribution is -2.11. The second-order valence-electron chi connectivity index (χ2n) is 3.37. The van der Waals surface area contributed by atoms with Crippen molar-refractivity contribution in [1.82, 2.24) is 0 Å². The average Bonchev–Trinajstić information content (AvgIpc) is 2.11. The minimum absolute atomic E-state index is 0.0618. The van der Waals surface area contributed by atoms with Crippen LogP contribution in [0.15, 0.2) is 0 Å². The standard InChI is InChI=1S/C10H16Br2O2/c1-7(11)9(13)5-3-4-6-10(14)8(2)12/h7-8H,3-6H2,1-2H3. The van der Waals surface area contributed by atoms with Crippen LogP contribution in [0.4, 0.5) is 0 Å². The highest BCUT2D eigenvalue weighted by Gasteiger charge is 2.10. The van der Waals surface area contributed by atoms with E-state index >= 15 is 0 Å². The van der Waals surface area contributed by atoms with Gasteiger partial charge in [-0.3, -0.25) is 9.59 Å². The highest BCUT2D eigenvalue weighted by molar-refractivity contribution is 9.10. The summed E-state index contributed by atoms with van der Waals surface area (Å²) in [5.41, 5.74) is 0. The molecule has 4 heteroatoms. The van der Waals surface area contributed by atoms with Crippen LogP contribution in [-0.2, 0) is 9.59 Å². The zero-order valence-electron chi connectivity index (χ0n) is 8.56. The molecular formula is C10H16Br2O2. The summed E-state index contributed by atoms with van der Waals surface area (Å²) in [6.07, 6.45) is 2.74. The molecule has 0 N–H and O–H groups in total. The van der Waals surface area contributed by atoms with Gasteiger partial charge in [-0.25, -0.2) is 0 Å². The van der Waals surface area contributed by atoms with Gasteiger partial charge >= 0.3 is 0 Å². The van der Waals surface area contributed by atoms with Crippen LogP contribution in [0.25, 0.3) is 0 Å². The molecule has 0 rings (SSSR count). The van der Waals surface area contributed by atoms with Gasteiger partial charge in [-0.05, 0) is 26.7 Å². The van der Waals surface area contributed by atoms with Crippen LogP contribution in [0.3, 0.4) is 0 Å². The highest BCUT2D eigenvalue weighted by Crippen LogP contribution is 2.10. The Hall–Kier alpha value is 0.300. The molecule has 2 nitrogen and oxygen atoms in total. The van der Waals surface area contributed by atoms with E-state index in [-0.39, 0.29) is 21.2 Å². The lowest BCUT2D eigenvalue weighted by molar-refractivity contribution is -0.120. The quantitative estimate of drug-likeness (QED) is 0.531. The number of Topliss-reactive ketones (excluding diaryl/α,β-unsaturated/α-hetero) is 2. The van der Waals surface area contributed by atoms with Crippen LogP contribution in [0.1, 0.15) is 39.5 Å². The summed E-state index contributed by atoms with van der Waals surface area (Å²) >= 11 is 6.44. The van der Waals surface area contributed by atoms with Gasteiger partial charge in [0, 0.05) is 12.8 Å². The monoisotopic (exact) mass is 326 g/mol. The maximum atomic E-state index is 11.2. The number of unbranched alkanes of at least 4 members (excludes halogenated alkanes) is 1. The lowest BCUT2D eigenvalue weighted by Gasteiger charge is -2.03. The molecular weight excluding hydrogens is 312 g/mol. The summed E-state index contributed by atoms with van der Waals surface area (Å²) in [6, 6.07) is 0. The summed E-state index contributed by atoms with van der Waals surface area (Å²) < 4.78 is 0. The predicted octanol–water partition coefficient (Wildman–Crippen LogP) is 3.25. The third-order valence-electron chi connectivity index (χ3n) is 1.98. The van der Waals surface area contributed by atoms with E-state index in [1.54, 1.807) is 0 Å². The zero-order valence-corrected chi connectivity index (χ0v) is 11.7. The second kappa shape index (κ2) is 7.57. The van der Waals surface area contributed by atoms with E-state index in [0.29, 0.717) is 12.8 Å². The molecule has 0 amide bonds. The molecule has 0 aromatic carbocycles. The van der Waals surface area contributed by atoms with Crippen molar-refractivity contribution in [2.45, 2.75) is 49.2 Å². The Morgan fingerprint density at radius 1 is 0.929 bits per heavy atom. The maximum absolute atomic E-state index is 11.2. The van der Waals surface area contributed by atoms with Gasteiger partial charge in [0.1, 0.15) is 11.6 Å². The van der Waals surface area contributed by atoms with E-state index in [0.717, 1.165) is 12.8 Å². The SMILES string of the molecule is CC(Br)C(=O)CCCCC(=O)C(C)Br. The van der Waals surface area contributed by atoms with Crippen molar-refractivity contribution in [1.29, 1.82) is 0 Å². The summed E-state index contributed by atoms with van der Waals surface area (Å²) in [5, 5.41) is 0. The molecule has 14 heavy (non-hydrogen) atoms. The van der Waals surface area contributed by atoms with Crippen LogP contribution in [0, 0.1) is 0 Å². The fourth-order valence-corrected chi connectivity index (χ4v) is 1.45. The molecule has 0 bridgehead atoms. The minimum atomic E-state index is -0.0618. The van der Waals surface area contributed by atoms with Crippen molar-refractivity contribution in [2.75, 3.05) is 0 Å². The molecule has 0 radical (unpaired) electrons. The summed E-state index contributed by atoms with van der Waals surface area (Å²) in [7, 11) is 0. The van der Waals surface area contributed by atoms with Crippen LogP contribution in [0.2, 0.25) is 0 Å². The number of rotatable bonds is 7. The molecule has 0 aliphatic rings.